The Balaban J connectivity index is 2.11. The number of anilines is 1. The number of aromatic nitrogens is 2. The molecule has 19 heavy (non-hydrogen) atoms. The molecule has 1 fully saturated rings. The third kappa shape index (κ3) is 3.37. The van der Waals surface area contributed by atoms with Crippen molar-refractivity contribution in [3.63, 3.8) is 0 Å². The largest absolute Gasteiger partial charge is 0.463 e. The van der Waals surface area contributed by atoms with Crippen molar-refractivity contribution in [2.24, 2.45) is 0 Å². The fraction of sp³-hybridized carbons (Fsp3) is 0.385. The summed E-state index contributed by atoms with van der Waals surface area (Å²) in [5, 5.41) is 0. The molecule has 1 amide bonds. The van der Waals surface area contributed by atoms with E-state index in [1.165, 1.54) is 18.3 Å². The molecule has 2 rings (SSSR count). The number of esters is 1. The zero-order valence-electron chi connectivity index (χ0n) is 10.7. The van der Waals surface area contributed by atoms with E-state index < -0.39 is 5.97 Å². The Bertz CT molecular complexity index is 514. The summed E-state index contributed by atoms with van der Waals surface area (Å²) in [6, 6.07) is 0. The number of carbonyl (C=O) groups excluding carboxylic acids is 2. The van der Waals surface area contributed by atoms with Gasteiger partial charge in [-0.15, -0.1) is 0 Å². The van der Waals surface area contributed by atoms with Gasteiger partial charge in [0.15, 0.2) is 5.82 Å². The monoisotopic (exact) mass is 261 g/mol. The average molecular weight is 261 g/mol. The van der Waals surface area contributed by atoms with Gasteiger partial charge in [-0.05, 0) is 19.4 Å². The first-order chi connectivity index (χ1) is 9.20. The van der Waals surface area contributed by atoms with Crippen LogP contribution in [0, 0.1) is 0 Å². The van der Waals surface area contributed by atoms with E-state index in [9.17, 15) is 9.59 Å². The molecular weight excluding hydrogens is 246 g/mol. The molecule has 1 aromatic heterocycles. The van der Waals surface area contributed by atoms with Crippen molar-refractivity contribution >= 4 is 23.8 Å². The Morgan fingerprint density at radius 3 is 3.05 bits per heavy atom. The number of carbonyl (C=O) groups is 2. The minimum atomic E-state index is -0.424. The zero-order chi connectivity index (χ0) is 13.7. The van der Waals surface area contributed by atoms with E-state index in [0.29, 0.717) is 31.1 Å². The summed E-state index contributed by atoms with van der Waals surface area (Å²) in [5.41, 5.74) is 0.519. The summed E-state index contributed by atoms with van der Waals surface area (Å²) in [6.45, 7) is 2.74. The minimum absolute atomic E-state index is 0.0563. The third-order valence-corrected chi connectivity index (χ3v) is 2.67. The van der Waals surface area contributed by atoms with Gasteiger partial charge in [0, 0.05) is 19.0 Å². The van der Waals surface area contributed by atoms with E-state index in [2.05, 4.69) is 9.97 Å². The molecule has 1 aromatic rings. The second kappa shape index (κ2) is 6.08. The maximum atomic E-state index is 11.6. The van der Waals surface area contributed by atoms with Crippen molar-refractivity contribution in [2.45, 2.75) is 19.8 Å². The SMILES string of the molecule is CCOC(=O)/C=C/c1cncc(N2CCCC2=O)n1. The fourth-order valence-corrected chi connectivity index (χ4v) is 1.81. The van der Waals surface area contributed by atoms with Crippen molar-refractivity contribution in [1.29, 1.82) is 0 Å². The topological polar surface area (TPSA) is 72.4 Å². The number of rotatable bonds is 4. The highest BCUT2D eigenvalue weighted by molar-refractivity contribution is 5.94. The van der Waals surface area contributed by atoms with Crippen LogP contribution < -0.4 is 4.90 Å². The quantitative estimate of drug-likeness (QED) is 0.601. The number of hydrogen-bond acceptors (Lipinski definition) is 5. The predicted octanol–water partition coefficient (Wildman–Crippen LogP) is 1.18. The molecule has 0 bridgehead atoms. The molecule has 2 heterocycles. The summed E-state index contributed by atoms with van der Waals surface area (Å²) in [4.78, 5) is 32.7. The highest BCUT2D eigenvalue weighted by atomic mass is 16.5. The molecule has 0 saturated carbocycles. The molecule has 0 atom stereocenters. The van der Waals surface area contributed by atoms with Crippen molar-refractivity contribution in [3.8, 4) is 0 Å². The van der Waals surface area contributed by atoms with E-state index in [1.807, 2.05) is 0 Å². The first-order valence-corrected chi connectivity index (χ1v) is 6.18. The molecule has 1 aliphatic heterocycles. The summed E-state index contributed by atoms with van der Waals surface area (Å²) in [6.07, 6.45) is 7.27. The molecule has 1 aliphatic rings. The number of ether oxygens (including phenoxy) is 1. The average Bonchev–Trinajstić information content (AvgIpc) is 2.83. The Morgan fingerprint density at radius 1 is 1.53 bits per heavy atom. The standard InChI is InChI=1S/C13H15N3O3/c1-2-19-13(18)6-5-10-8-14-9-11(15-10)16-7-3-4-12(16)17/h5-6,8-9H,2-4,7H2,1H3/b6-5+. The highest BCUT2D eigenvalue weighted by Gasteiger charge is 2.22. The first-order valence-electron chi connectivity index (χ1n) is 6.18. The van der Waals surface area contributed by atoms with Gasteiger partial charge in [-0.25, -0.2) is 9.78 Å². The van der Waals surface area contributed by atoms with Crippen LogP contribution in [0.2, 0.25) is 0 Å². The molecule has 0 unspecified atom stereocenters. The van der Waals surface area contributed by atoms with Crippen LogP contribution in [0.1, 0.15) is 25.5 Å². The molecule has 0 radical (unpaired) electrons. The van der Waals surface area contributed by atoms with Gasteiger partial charge >= 0.3 is 5.97 Å². The Morgan fingerprint density at radius 2 is 2.37 bits per heavy atom. The molecule has 0 spiro atoms. The maximum absolute atomic E-state index is 11.6. The van der Waals surface area contributed by atoms with Crippen molar-refractivity contribution in [1.82, 2.24) is 9.97 Å². The van der Waals surface area contributed by atoms with E-state index >= 15 is 0 Å². The first kappa shape index (κ1) is 13.2. The lowest BCUT2D eigenvalue weighted by atomic mass is 10.4. The lowest BCUT2D eigenvalue weighted by Crippen LogP contribution is -2.25. The summed E-state index contributed by atoms with van der Waals surface area (Å²) < 4.78 is 4.77. The fourth-order valence-electron chi connectivity index (χ4n) is 1.81. The Labute approximate surface area is 111 Å². The number of nitrogens with zero attached hydrogens (tertiary/aromatic N) is 3. The van der Waals surface area contributed by atoms with Crippen LogP contribution in [0.15, 0.2) is 18.5 Å². The van der Waals surface area contributed by atoms with Crippen LogP contribution in [0.3, 0.4) is 0 Å². The van der Waals surface area contributed by atoms with Gasteiger partial charge in [-0.2, -0.15) is 0 Å². The second-order valence-corrected chi connectivity index (χ2v) is 4.04. The van der Waals surface area contributed by atoms with E-state index in [1.54, 1.807) is 18.0 Å². The van der Waals surface area contributed by atoms with Gasteiger partial charge in [-0.1, -0.05) is 0 Å². The lowest BCUT2D eigenvalue weighted by Gasteiger charge is -2.13. The highest BCUT2D eigenvalue weighted by Crippen LogP contribution is 2.18. The molecular formula is C13H15N3O3. The minimum Gasteiger partial charge on any atom is -0.463 e. The third-order valence-electron chi connectivity index (χ3n) is 2.67. The number of amides is 1. The molecule has 0 aromatic carbocycles. The van der Waals surface area contributed by atoms with Crippen molar-refractivity contribution < 1.29 is 14.3 Å². The predicted molar refractivity (Wildman–Crippen MR) is 69.3 cm³/mol. The summed E-state index contributed by atoms with van der Waals surface area (Å²) in [5.74, 6) is 0.154. The molecule has 6 heteroatoms. The summed E-state index contributed by atoms with van der Waals surface area (Å²) in [7, 11) is 0. The van der Waals surface area contributed by atoms with Gasteiger partial charge in [0.2, 0.25) is 5.91 Å². The zero-order valence-corrected chi connectivity index (χ0v) is 10.7. The molecule has 1 saturated heterocycles. The normalized spacial score (nSPS) is 15.2. The van der Waals surface area contributed by atoms with E-state index in [-0.39, 0.29) is 5.91 Å². The van der Waals surface area contributed by atoms with Crippen LogP contribution in [0.5, 0.6) is 0 Å². The summed E-state index contributed by atoms with van der Waals surface area (Å²) >= 11 is 0. The van der Waals surface area contributed by atoms with Crippen LogP contribution in [-0.2, 0) is 14.3 Å². The molecule has 0 N–H and O–H groups in total. The van der Waals surface area contributed by atoms with Crippen LogP contribution in [0.25, 0.3) is 6.08 Å². The van der Waals surface area contributed by atoms with Crippen molar-refractivity contribution in [3.05, 3.63) is 24.2 Å². The van der Waals surface area contributed by atoms with E-state index in [4.69, 9.17) is 4.74 Å². The van der Waals surface area contributed by atoms with Gasteiger partial charge in [0.05, 0.1) is 24.7 Å². The number of hydrogen-bond donors (Lipinski definition) is 0. The van der Waals surface area contributed by atoms with Gasteiger partial charge in [0.1, 0.15) is 0 Å². The Kier molecular flexibility index (Phi) is 4.22. The molecule has 6 nitrogen and oxygen atoms in total. The van der Waals surface area contributed by atoms with Gasteiger partial charge in [0.25, 0.3) is 0 Å². The maximum Gasteiger partial charge on any atom is 0.330 e. The van der Waals surface area contributed by atoms with Gasteiger partial charge in [-0.3, -0.25) is 14.7 Å². The molecule has 0 aliphatic carbocycles. The van der Waals surface area contributed by atoms with Crippen molar-refractivity contribution in [2.75, 3.05) is 18.1 Å². The van der Waals surface area contributed by atoms with E-state index in [0.717, 1.165) is 6.42 Å². The second-order valence-electron chi connectivity index (χ2n) is 4.04. The lowest BCUT2D eigenvalue weighted by molar-refractivity contribution is -0.137. The van der Waals surface area contributed by atoms with Crippen LogP contribution >= 0.6 is 0 Å². The van der Waals surface area contributed by atoms with Gasteiger partial charge < -0.3 is 4.74 Å². The van der Waals surface area contributed by atoms with Crippen LogP contribution in [0.4, 0.5) is 5.82 Å². The smallest absolute Gasteiger partial charge is 0.330 e. The molecule has 100 valence electrons. The van der Waals surface area contributed by atoms with Crippen LogP contribution in [-0.4, -0.2) is 35.0 Å². The Hall–Kier alpha value is -2.24.